The summed E-state index contributed by atoms with van der Waals surface area (Å²) in [6.07, 6.45) is 13.5. The Labute approximate surface area is 216 Å². The maximum Gasteiger partial charge on any atom is 0.129 e. The lowest BCUT2D eigenvalue weighted by Crippen LogP contribution is -2.14. The van der Waals surface area contributed by atoms with Crippen molar-refractivity contribution in [2.24, 2.45) is 5.92 Å². The molecule has 0 amide bonds. The molecule has 0 aliphatic heterocycles. The monoisotopic (exact) mass is 486 g/mol. The quantitative estimate of drug-likeness (QED) is 0.250. The first-order valence-corrected chi connectivity index (χ1v) is 13.7. The highest BCUT2D eigenvalue weighted by molar-refractivity contribution is 5.30. The van der Waals surface area contributed by atoms with Gasteiger partial charge in [-0.15, -0.1) is 0 Å². The number of aryl methyl sites for hydroxylation is 2. The van der Waals surface area contributed by atoms with Crippen molar-refractivity contribution in [1.82, 2.24) is 0 Å². The number of halogens is 2. The zero-order valence-electron chi connectivity index (χ0n) is 21.9. The van der Waals surface area contributed by atoms with Gasteiger partial charge in [0.2, 0.25) is 0 Å². The van der Waals surface area contributed by atoms with Gasteiger partial charge in [-0.2, -0.15) is 0 Å². The molecule has 2 heteroatoms. The predicted octanol–water partition coefficient (Wildman–Crippen LogP) is 9.73. The Morgan fingerprint density at radius 2 is 1.50 bits per heavy atom. The first-order chi connectivity index (χ1) is 17.5. The summed E-state index contributed by atoms with van der Waals surface area (Å²) in [5.74, 6) is 0.568. The van der Waals surface area contributed by atoms with Crippen LogP contribution in [0.1, 0.15) is 92.0 Å². The van der Waals surface area contributed by atoms with E-state index in [1.54, 1.807) is 12.1 Å². The molecule has 190 valence electrons. The molecule has 4 rings (SSSR count). The summed E-state index contributed by atoms with van der Waals surface area (Å²) in [6.45, 7) is 4.10. The Morgan fingerprint density at radius 1 is 0.833 bits per heavy atom. The van der Waals surface area contributed by atoms with E-state index < -0.39 is 11.6 Å². The van der Waals surface area contributed by atoms with Gasteiger partial charge in [0.25, 0.3) is 0 Å². The zero-order valence-corrected chi connectivity index (χ0v) is 21.9. The van der Waals surface area contributed by atoms with E-state index in [4.69, 9.17) is 0 Å². The van der Waals surface area contributed by atoms with E-state index in [9.17, 15) is 8.78 Å². The van der Waals surface area contributed by atoms with Crippen LogP contribution in [-0.4, -0.2) is 0 Å². The van der Waals surface area contributed by atoms with Gasteiger partial charge in [0.15, 0.2) is 0 Å². The van der Waals surface area contributed by atoms with Gasteiger partial charge >= 0.3 is 0 Å². The van der Waals surface area contributed by atoms with Gasteiger partial charge in [-0.3, -0.25) is 0 Å². The molecule has 0 N–H and O–H groups in total. The molecule has 0 radical (unpaired) electrons. The van der Waals surface area contributed by atoms with Crippen LogP contribution in [0, 0.1) is 17.6 Å². The Morgan fingerprint density at radius 3 is 2.14 bits per heavy atom. The molecule has 0 heterocycles. The SMILES string of the molecule is C/C=C/CCc1ccc(C2CCC(CCc3cc(F)c(C[C@H](C)c4ccccc4)c(F)c3)CC2)cc1. The molecule has 36 heavy (non-hydrogen) atoms. The van der Waals surface area contributed by atoms with E-state index in [0.29, 0.717) is 18.3 Å². The van der Waals surface area contributed by atoms with Gasteiger partial charge in [0.1, 0.15) is 11.6 Å². The summed E-state index contributed by atoms with van der Waals surface area (Å²) in [5.41, 5.74) is 4.98. The van der Waals surface area contributed by atoms with Crippen molar-refractivity contribution >= 4 is 0 Å². The van der Waals surface area contributed by atoms with Crippen LogP contribution in [-0.2, 0) is 19.3 Å². The fraction of sp³-hybridized carbons (Fsp3) is 0.412. The zero-order chi connectivity index (χ0) is 25.3. The third kappa shape index (κ3) is 7.15. The minimum Gasteiger partial charge on any atom is -0.207 e. The molecule has 1 atom stereocenters. The number of rotatable bonds is 10. The molecule has 0 saturated heterocycles. The van der Waals surface area contributed by atoms with E-state index in [0.717, 1.165) is 36.8 Å². The number of hydrogen-bond donors (Lipinski definition) is 0. The second-order valence-corrected chi connectivity index (χ2v) is 10.7. The molecule has 0 aromatic heterocycles. The Bertz CT molecular complexity index is 1080. The van der Waals surface area contributed by atoms with E-state index in [1.165, 1.54) is 36.8 Å². The minimum atomic E-state index is -0.398. The molecule has 0 unspecified atom stereocenters. The average Bonchev–Trinajstić information content (AvgIpc) is 2.91. The number of benzene rings is 3. The molecule has 1 aliphatic rings. The Balaban J connectivity index is 1.26. The normalized spacial score (nSPS) is 19.0. The largest absolute Gasteiger partial charge is 0.207 e. The first kappa shape index (κ1) is 26.3. The summed E-state index contributed by atoms with van der Waals surface area (Å²) >= 11 is 0. The lowest BCUT2D eigenvalue weighted by molar-refractivity contribution is 0.310. The van der Waals surface area contributed by atoms with E-state index in [1.807, 2.05) is 37.3 Å². The minimum absolute atomic E-state index is 0.0747. The molecule has 1 aliphatic carbocycles. The fourth-order valence-corrected chi connectivity index (χ4v) is 5.73. The summed E-state index contributed by atoms with van der Waals surface area (Å²) in [7, 11) is 0. The summed E-state index contributed by atoms with van der Waals surface area (Å²) in [4.78, 5) is 0. The maximum atomic E-state index is 14.9. The highest BCUT2D eigenvalue weighted by Gasteiger charge is 2.23. The van der Waals surface area contributed by atoms with Crippen LogP contribution in [0.3, 0.4) is 0 Å². The van der Waals surface area contributed by atoms with Crippen LogP contribution in [0.5, 0.6) is 0 Å². The van der Waals surface area contributed by atoms with Crippen molar-refractivity contribution < 1.29 is 8.78 Å². The number of hydrogen-bond acceptors (Lipinski definition) is 0. The summed E-state index contributed by atoms with van der Waals surface area (Å²) in [6, 6.07) is 22.3. The van der Waals surface area contributed by atoms with Crippen LogP contribution in [0.25, 0.3) is 0 Å². The second kappa shape index (κ2) is 13.0. The summed E-state index contributed by atoms with van der Waals surface area (Å²) < 4.78 is 29.7. The molecular weight excluding hydrogens is 446 g/mol. The van der Waals surface area contributed by atoms with Crippen LogP contribution < -0.4 is 0 Å². The van der Waals surface area contributed by atoms with Crippen LogP contribution in [0.4, 0.5) is 8.78 Å². The molecule has 0 nitrogen and oxygen atoms in total. The highest BCUT2D eigenvalue weighted by atomic mass is 19.1. The van der Waals surface area contributed by atoms with Crippen molar-refractivity contribution in [2.75, 3.05) is 0 Å². The van der Waals surface area contributed by atoms with Gasteiger partial charge in [-0.25, -0.2) is 8.78 Å². The van der Waals surface area contributed by atoms with Gasteiger partial charge in [0, 0.05) is 5.56 Å². The predicted molar refractivity (Wildman–Crippen MR) is 148 cm³/mol. The molecule has 3 aromatic rings. The van der Waals surface area contributed by atoms with Crippen molar-refractivity contribution in [2.45, 2.75) is 83.5 Å². The van der Waals surface area contributed by atoms with Crippen molar-refractivity contribution in [3.8, 4) is 0 Å². The topological polar surface area (TPSA) is 0 Å². The Hall–Kier alpha value is -2.74. The van der Waals surface area contributed by atoms with E-state index in [2.05, 4.69) is 43.3 Å². The van der Waals surface area contributed by atoms with Gasteiger partial charge in [0.05, 0.1) is 0 Å². The molecule has 1 saturated carbocycles. The molecule has 0 spiro atoms. The smallest absolute Gasteiger partial charge is 0.129 e. The van der Waals surface area contributed by atoms with Crippen LogP contribution in [0.15, 0.2) is 78.9 Å². The highest BCUT2D eigenvalue weighted by Crippen LogP contribution is 2.38. The van der Waals surface area contributed by atoms with Crippen molar-refractivity contribution in [1.29, 1.82) is 0 Å². The van der Waals surface area contributed by atoms with E-state index >= 15 is 0 Å². The maximum absolute atomic E-state index is 14.9. The molecule has 3 aromatic carbocycles. The second-order valence-electron chi connectivity index (χ2n) is 10.7. The Kier molecular flexibility index (Phi) is 9.50. The van der Waals surface area contributed by atoms with Gasteiger partial charge in [-0.05, 0) is 117 Å². The molecule has 0 bridgehead atoms. The van der Waals surface area contributed by atoms with Gasteiger partial charge in [-0.1, -0.05) is 73.7 Å². The van der Waals surface area contributed by atoms with Crippen LogP contribution >= 0.6 is 0 Å². The lowest BCUT2D eigenvalue weighted by atomic mass is 9.76. The standard InChI is InChI=1S/C34H40F2/c1-3-4-6-9-26-14-18-30(19-15-26)31-20-16-27(17-21-31)12-13-28-23-33(35)32(34(36)24-28)22-25(2)29-10-7-5-8-11-29/h3-5,7-8,10-11,14-15,18-19,23-25,27,31H,6,9,12-13,16-17,20-22H2,1-2H3/b4-3+/t25-,27?,31?/m0/s1. The third-order valence-electron chi connectivity index (χ3n) is 8.05. The number of allylic oxidation sites excluding steroid dienone is 2. The lowest BCUT2D eigenvalue weighted by Gasteiger charge is -2.29. The van der Waals surface area contributed by atoms with E-state index in [-0.39, 0.29) is 11.5 Å². The molecule has 1 fully saturated rings. The summed E-state index contributed by atoms with van der Waals surface area (Å²) in [5, 5.41) is 0. The third-order valence-corrected chi connectivity index (χ3v) is 8.05. The average molecular weight is 487 g/mol. The first-order valence-electron chi connectivity index (χ1n) is 13.7. The molecular formula is C34H40F2. The van der Waals surface area contributed by atoms with Crippen LogP contribution in [0.2, 0.25) is 0 Å². The van der Waals surface area contributed by atoms with Crippen molar-refractivity contribution in [3.63, 3.8) is 0 Å². The van der Waals surface area contributed by atoms with Crippen molar-refractivity contribution in [3.05, 3.63) is 118 Å². The fourth-order valence-electron chi connectivity index (χ4n) is 5.73. The van der Waals surface area contributed by atoms with Gasteiger partial charge < -0.3 is 0 Å².